The first-order chi connectivity index (χ1) is 16.5. The van der Waals surface area contributed by atoms with Crippen molar-refractivity contribution >= 4 is 29.1 Å². The van der Waals surface area contributed by atoms with Crippen molar-refractivity contribution in [3.05, 3.63) is 93.2 Å². The van der Waals surface area contributed by atoms with Crippen molar-refractivity contribution in [2.75, 3.05) is 13.1 Å². The third-order valence-electron chi connectivity index (χ3n) is 6.29. The second-order valence-corrected chi connectivity index (χ2v) is 9.50. The number of pyridine rings is 1. The van der Waals surface area contributed by atoms with Crippen molar-refractivity contribution in [1.82, 2.24) is 9.88 Å². The highest BCUT2D eigenvalue weighted by molar-refractivity contribution is 6.42. The van der Waals surface area contributed by atoms with Gasteiger partial charge >= 0.3 is 6.18 Å². The normalized spacial score (nSPS) is 19.0. The summed E-state index contributed by atoms with van der Waals surface area (Å²) < 4.78 is 44.8. The molecule has 2 heterocycles. The van der Waals surface area contributed by atoms with Gasteiger partial charge in [-0.25, -0.2) is 0 Å². The number of amides is 1. The quantitative estimate of drug-likeness (QED) is 0.360. The summed E-state index contributed by atoms with van der Waals surface area (Å²) in [7, 11) is 0. The van der Waals surface area contributed by atoms with Crippen LogP contribution in [0.1, 0.15) is 40.0 Å². The number of benzene rings is 2. The van der Waals surface area contributed by atoms with Gasteiger partial charge < -0.3 is 9.64 Å². The minimum absolute atomic E-state index is 0.114. The van der Waals surface area contributed by atoms with Crippen LogP contribution in [0.4, 0.5) is 13.2 Å². The van der Waals surface area contributed by atoms with Crippen LogP contribution in [0.25, 0.3) is 0 Å². The van der Waals surface area contributed by atoms with E-state index in [0.29, 0.717) is 34.4 Å². The maximum atomic E-state index is 13.2. The molecule has 1 aliphatic heterocycles. The fraction of sp³-hybridized carbons (Fsp3) is 0.308. The molecule has 0 N–H and O–H groups in total. The predicted octanol–water partition coefficient (Wildman–Crippen LogP) is 7.04. The third kappa shape index (κ3) is 5.73. The van der Waals surface area contributed by atoms with Crippen LogP contribution in [0.5, 0.6) is 5.75 Å². The van der Waals surface area contributed by atoms with Crippen molar-refractivity contribution in [2.45, 2.75) is 32.0 Å². The standard InChI is InChI=1S/C26H23Cl2F3N2O2/c1-15-3-4-18(12-32-15)25(34)33-13-21(22(14-33)17-5-10-23(27)24(28)11-17)16(2)35-20-8-6-19(7-9-20)26(29,30)31/h3-12,16,21-22H,13-14H2,1-2H3. The topological polar surface area (TPSA) is 42.4 Å². The number of carbonyl (C=O) groups is 1. The smallest absolute Gasteiger partial charge is 0.416 e. The van der Waals surface area contributed by atoms with Crippen LogP contribution in [0, 0.1) is 12.8 Å². The number of alkyl halides is 3. The maximum Gasteiger partial charge on any atom is 0.416 e. The van der Waals surface area contributed by atoms with Crippen LogP contribution in [0.15, 0.2) is 60.8 Å². The molecule has 3 atom stereocenters. The Kier molecular flexibility index (Phi) is 7.29. The van der Waals surface area contributed by atoms with E-state index >= 15 is 0 Å². The van der Waals surface area contributed by atoms with E-state index in [2.05, 4.69) is 4.98 Å². The molecule has 2 aromatic carbocycles. The van der Waals surface area contributed by atoms with Crippen LogP contribution >= 0.6 is 23.2 Å². The molecule has 1 amide bonds. The predicted molar refractivity (Wildman–Crippen MR) is 129 cm³/mol. The Balaban J connectivity index is 1.58. The molecule has 0 bridgehead atoms. The van der Waals surface area contributed by atoms with Gasteiger partial charge in [-0.1, -0.05) is 29.3 Å². The number of hydrogen-bond donors (Lipinski definition) is 0. The van der Waals surface area contributed by atoms with E-state index in [9.17, 15) is 18.0 Å². The van der Waals surface area contributed by atoms with Gasteiger partial charge in [-0.3, -0.25) is 9.78 Å². The SMILES string of the molecule is Cc1ccc(C(=O)N2CC(c3ccc(Cl)c(Cl)c3)C(C(C)Oc3ccc(C(F)(F)F)cc3)C2)cn1. The van der Waals surface area contributed by atoms with Crippen LogP contribution in [0.3, 0.4) is 0 Å². The lowest BCUT2D eigenvalue weighted by atomic mass is 9.85. The molecule has 1 aliphatic rings. The van der Waals surface area contributed by atoms with Crippen molar-refractivity contribution in [1.29, 1.82) is 0 Å². The first-order valence-corrected chi connectivity index (χ1v) is 11.8. The Bertz CT molecular complexity index is 1200. The minimum Gasteiger partial charge on any atom is -0.490 e. The van der Waals surface area contributed by atoms with Gasteiger partial charge in [0.05, 0.1) is 21.2 Å². The summed E-state index contributed by atoms with van der Waals surface area (Å²) >= 11 is 12.4. The number of aromatic nitrogens is 1. The number of hydrogen-bond acceptors (Lipinski definition) is 3. The van der Waals surface area contributed by atoms with Crippen LogP contribution < -0.4 is 4.74 Å². The number of halogens is 5. The molecule has 1 fully saturated rings. The van der Waals surface area contributed by atoms with E-state index in [0.717, 1.165) is 23.4 Å². The van der Waals surface area contributed by atoms with Gasteiger partial charge in [0.15, 0.2) is 0 Å². The number of carbonyl (C=O) groups excluding carboxylic acids is 1. The van der Waals surface area contributed by atoms with Crippen LogP contribution in [-0.2, 0) is 6.18 Å². The van der Waals surface area contributed by atoms with E-state index < -0.39 is 17.8 Å². The molecule has 3 unspecified atom stereocenters. The molecule has 1 aromatic heterocycles. The van der Waals surface area contributed by atoms with Crippen molar-refractivity contribution in [3.63, 3.8) is 0 Å². The molecule has 35 heavy (non-hydrogen) atoms. The van der Waals surface area contributed by atoms with Gasteiger partial charge in [-0.05, 0) is 67.9 Å². The molecule has 9 heteroatoms. The fourth-order valence-electron chi connectivity index (χ4n) is 4.37. The monoisotopic (exact) mass is 522 g/mol. The second kappa shape index (κ2) is 10.1. The van der Waals surface area contributed by atoms with Crippen LogP contribution in [-0.4, -0.2) is 35.0 Å². The Labute approximate surface area is 211 Å². The first kappa shape index (κ1) is 25.3. The van der Waals surface area contributed by atoms with E-state index in [1.165, 1.54) is 12.1 Å². The molecule has 0 spiro atoms. The van der Waals surface area contributed by atoms with Gasteiger partial charge in [-0.15, -0.1) is 0 Å². The Hall–Kier alpha value is -2.77. The highest BCUT2D eigenvalue weighted by atomic mass is 35.5. The summed E-state index contributed by atoms with van der Waals surface area (Å²) in [5, 5.41) is 0.837. The average Bonchev–Trinajstić information content (AvgIpc) is 3.26. The summed E-state index contributed by atoms with van der Waals surface area (Å²) in [6.07, 6.45) is -3.26. The first-order valence-electron chi connectivity index (χ1n) is 11.0. The van der Waals surface area contributed by atoms with Crippen LogP contribution in [0.2, 0.25) is 10.0 Å². The third-order valence-corrected chi connectivity index (χ3v) is 7.03. The largest absolute Gasteiger partial charge is 0.490 e. The zero-order chi connectivity index (χ0) is 25.3. The Morgan fingerprint density at radius 3 is 2.37 bits per heavy atom. The Morgan fingerprint density at radius 2 is 1.77 bits per heavy atom. The molecule has 184 valence electrons. The lowest BCUT2D eigenvalue weighted by Crippen LogP contribution is -2.32. The number of rotatable bonds is 5. The van der Waals surface area contributed by atoms with Gasteiger partial charge in [0.1, 0.15) is 11.9 Å². The van der Waals surface area contributed by atoms with Crippen molar-refractivity contribution < 1.29 is 22.7 Å². The zero-order valence-corrected chi connectivity index (χ0v) is 20.5. The summed E-state index contributed by atoms with van der Waals surface area (Å²) in [5.74, 6) is -0.0776. The molecule has 3 aromatic rings. The molecular weight excluding hydrogens is 500 g/mol. The van der Waals surface area contributed by atoms with E-state index in [1.807, 2.05) is 19.9 Å². The number of ether oxygens (including phenoxy) is 1. The lowest BCUT2D eigenvalue weighted by molar-refractivity contribution is -0.137. The van der Waals surface area contributed by atoms with Crippen molar-refractivity contribution in [2.24, 2.45) is 5.92 Å². The van der Waals surface area contributed by atoms with Gasteiger partial charge in [0.2, 0.25) is 0 Å². The lowest BCUT2D eigenvalue weighted by Gasteiger charge is -2.26. The van der Waals surface area contributed by atoms with Crippen molar-refractivity contribution in [3.8, 4) is 5.75 Å². The van der Waals surface area contributed by atoms with Gasteiger partial charge in [0.25, 0.3) is 5.91 Å². The Morgan fingerprint density at radius 1 is 1.06 bits per heavy atom. The summed E-state index contributed by atoms with van der Waals surface area (Å²) in [5.41, 5.74) is 1.47. The summed E-state index contributed by atoms with van der Waals surface area (Å²) in [4.78, 5) is 19.2. The number of aryl methyl sites for hydroxylation is 1. The molecule has 4 nitrogen and oxygen atoms in total. The molecule has 0 aliphatic carbocycles. The zero-order valence-electron chi connectivity index (χ0n) is 19.0. The van der Waals surface area contributed by atoms with Gasteiger partial charge in [-0.2, -0.15) is 13.2 Å². The van der Waals surface area contributed by atoms with E-state index in [4.69, 9.17) is 27.9 Å². The molecule has 4 rings (SSSR count). The van der Waals surface area contributed by atoms with E-state index in [-0.39, 0.29) is 17.7 Å². The van der Waals surface area contributed by atoms with Gasteiger partial charge in [0, 0.05) is 36.8 Å². The molecule has 1 saturated heterocycles. The summed E-state index contributed by atoms with van der Waals surface area (Å²) in [6.45, 7) is 4.53. The molecule has 0 saturated carbocycles. The molecular formula is C26H23Cl2F3N2O2. The molecule has 0 radical (unpaired) electrons. The number of likely N-dealkylation sites (tertiary alicyclic amines) is 1. The summed E-state index contributed by atoms with van der Waals surface area (Å²) in [6, 6.07) is 13.5. The van der Waals surface area contributed by atoms with E-state index in [1.54, 1.807) is 35.4 Å². The average molecular weight is 523 g/mol. The second-order valence-electron chi connectivity index (χ2n) is 8.69. The highest BCUT2D eigenvalue weighted by Gasteiger charge is 2.40. The number of nitrogens with zero attached hydrogens (tertiary/aromatic N) is 2. The maximum absolute atomic E-state index is 13.2. The minimum atomic E-state index is -4.42. The highest BCUT2D eigenvalue weighted by Crippen LogP contribution is 2.39. The fourth-order valence-corrected chi connectivity index (χ4v) is 4.67.